The molecule has 1 amide bonds. The minimum absolute atomic E-state index is 0.287. The van der Waals surface area contributed by atoms with Crippen molar-refractivity contribution in [1.82, 2.24) is 15.5 Å². The summed E-state index contributed by atoms with van der Waals surface area (Å²) >= 11 is 5.23. The molecule has 4 nitrogen and oxygen atoms in total. The number of nitrogens with one attached hydrogen (secondary N) is 2. The summed E-state index contributed by atoms with van der Waals surface area (Å²) in [6, 6.07) is 0. The first-order valence-electron chi connectivity index (χ1n) is 1.98. The van der Waals surface area contributed by atoms with Gasteiger partial charge in [0.25, 0.3) is 5.91 Å². The summed E-state index contributed by atoms with van der Waals surface area (Å²) in [4.78, 5) is 10.4. The van der Waals surface area contributed by atoms with Crippen LogP contribution >= 0.6 is 11.8 Å². The van der Waals surface area contributed by atoms with E-state index in [4.69, 9.17) is 11.8 Å². The molecule has 44 valence electrons. The Hall–Kier alpha value is -0.740. The smallest absolute Gasteiger partial charge is 0.278 e. The molecular formula is C3H4ClN3O. The third kappa shape index (κ3) is 0.907. The molecule has 0 fully saturated rings. The monoisotopic (exact) mass is 133 g/mol. The second-order valence-corrected chi connectivity index (χ2v) is 1.55. The van der Waals surface area contributed by atoms with E-state index >= 15 is 0 Å². The van der Waals surface area contributed by atoms with Crippen molar-refractivity contribution in [3.8, 4) is 0 Å². The Labute approximate surface area is 51.1 Å². The molecule has 2 N–H and O–H groups in total. The first-order chi connectivity index (χ1) is 3.80. The average molecular weight is 134 g/mol. The lowest BCUT2D eigenvalue weighted by molar-refractivity contribution is -0.124. The molecule has 0 unspecified atom stereocenters. The highest BCUT2D eigenvalue weighted by Crippen LogP contribution is 1.91. The maximum Gasteiger partial charge on any atom is 0.278 e. The van der Waals surface area contributed by atoms with Crippen molar-refractivity contribution in [1.29, 1.82) is 0 Å². The van der Waals surface area contributed by atoms with E-state index in [-0.39, 0.29) is 5.91 Å². The SMILES string of the molecule is O=C1C=CNNN1Cl. The van der Waals surface area contributed by atoms with Crippen molar-refractivity contribution in [2.24, 2.45) is 0 Å². The van der Waals surface area contributed by atoms with Crippen LogP contribution in [0.4, 0.5) is 0 Å². The summed E-state index contributed by atoms with van der Waals surface area (Å²) in [6.45, 7) is 0. The fraction of sp³-hybridized carbons (Fsp3) is 0. The number of carbonyl (C=O) groups excluding carboxylic acids is 1. The van der Waals surface area contributed by atoms with Crippen LogP contribution < -0.4 is 11.0 Å². The fourth-order valence-corrected chi connectivity index (χ4v) is 0.433. The van der Waals surface area contributed by atoms with E-state index in [9.17, 15) is 4.79 Å². The van der Waals surface area contributed by atoms with Crippen molar-refractivity contribution in [2.75, 3.05) is 0 Å². The van der Waals surface area contributed by atoms with Crippen LogP contribution in [-0.4, -0.2) is 10.4 Å². The lowest BCUT2D eigenvalue weighted by atomic mass is 10.6. The molecule has 8 heavy (non-hydrogen) atoms. The van der Waals surface area contributed by atoms with Crippen molar-refractivity contribution in [2.45, 2.75) is 0 Å². The topological polar surface area (TPSA) is 44.4 Å². The first-order valence-corrected chi connectivity index (χ1v) is 2.32. The molecule has 1 heterocycles. The summed E-state index contributed by atoms with van der Waals surface area (Å²) < 4.78 is 0.819. The summed E-state index contributed by atoms with van der Waals surface area (Å²) in [5.41, 5.74) is 4.85. The summed E-state index contributed by atoms with van der Waals surface area (Å²) in [5, 5.41) is 0. The lowest BCUT2D eigenvalue weighted by Crippen LogP contribution is -2.44. The van der Waals surface area contributed by atoms with Gasteiger partial charge in [-0.2, -0.15) is 4.53 Å². The predicted molar refractivity (Wildman–Crippen MR) is 28.1 cm³/mol. The normalized spacial score (nSPS) is 18.6. The molecule has 0 radical (unpaired) electrons. The Balaban J connectivity index is 2.60. The lowest BCUT2D eigenvalue weighted by Gasteiger charge is -2.15. The number of rotatable bonds is 0. The molecule has 0 bridgehead atoms. The highest BCUT2D eigenvalue weighted by molar-refractivity contribution is 6.22. The van der Waals surface area contributed by atoms with Crippen LogP contribution in [0.3, 0.4) is 0 Å². The molecule has 0 aromatic rings. The fourth-order valence-electron chi connectivity index (χ4n) is 0.327. The highest BCUT2D eigenvalue weighted by atomic mass is 35.5. The molecular weight excluding hydrogens is 130 g/mol. The number of hydrogen-bond donors (Lipinski definition) is 2. The molecule has 0 aliphatic carbocycles. The van der Waals surface area contributed by atoms with Gasteiger partial charge in [-0.15, -0.1) is 5.53 Å². The molecule has 0 spiro atoms. The van der Waals surface area contributed by atoms with Gasteiger partial charge in [0.1, 0.15) is 0 Å². The quantitative estimate of drug-likeness (QED) is 0.438. The predicted octanol–water partition coefficient (Wildman–Crippen LogP) is -0.495. The van der Waals surface area contributed by atoms with E-state index in [1.54, 1.807) is 0 Å². The van der Waals surface area contributed by atoms with E-state index in [1.807, 2.05) is 0 Å². The third-order valence-electron chi connectivity index (χ3n) is 0.665. The van der Waals surface area contributed by atoms with Crippen LogP contribution in [-0.2, 0) is 4.79 Å². The van der Waals surface area contributed by atoms with Crippen LogP contribution in [0.1, 0.15) is 0 Å². The van der Waals surface area contributed by atoms with E-state index < -0.39 is 0 Å². The van der Waals surface area contributed by atoms with Crippen molar-refractivity contribution in [3.63, 3.8) is 0 Å². The van der Waals surface area contributed by atoms with Crippen molar-refractivity contribution >= 4 is 17.7 Å². The Bertz CT molecular complexity index is 134. The Morgan fingerprint density at radius 2 is 2.50 bits per heavy atom. The largest absolute Gasteiger partial charge is 0.310 e. The van der Waals surface area contributed by atoms with E-state index in [0.29, 0.717) is 0 Å². The molecule has 0 saturated heterocycles. The van der Waals surface area contributed by atoms with Gasteiger partial charge in [-0.25, -0.2) is 0 Å². The molecule has 0 atom stereocenters. The van der Waals surface area contributed by atoms with E-state index in [2.05, 4.69) is 11.0 Å². The third-order valence-corrected chi connectivity index (χ3v) is 0.917. The van der Waals surface area contributed by atoms with Gasteiger partial charge in [0.15, 0.2) is 0 Å². The second-order valence-electron chi connectivity index (χ2n) is 1.21. The zero-order chi connectivity index (χ0) is 5.98. The molecule has 1 rings (SSSR count). The molecule has 1 aliphatic rings. The minimum Gasteiger partial charge on any atom is -0.310 e. The van der Waals surface area contributed by atoms with Crippen molar-refractivity contribution in [3.05, 3.63) is 12.3 Å². The zero-order valence-corrected chi connectivity index (χ0v) is 4.64. The van der Waals surface area contributed by atoms with Gasteiger partial charge in [0, 0.05) is 24.1 Å². The van der Waals surface area contributed by atoms with E-state index in [1.165, 1.54) is 12.3 Å². The van der Waals surface area contributed by atoms with E-state index in [0.717, 1.165) is 4.53 Å². The highest BCUT2D eigenvalue weighted by Gasteiger charge is 2.07. The van der Waals surface area contributed by atoms with Gasteiger partial charge >= 0.3 is 0 Å². The van der Waals surface area contributed by atoms with Crippen molar-refractivity contribution < 1.29 is 4.79 Å². The molecule has 1 aliphatic heterocycles. The van der Waals surface area contributed by atoms with Gasteiger partial charge < -0.3 is 5.43 Å². The number of hydrazine groups is 2. The Morgan fingerprint density at radius 3 is 2.88 bits per heavy atom. The summed E-state index contributed by atoms with van der Waals surface area (Å²) in [5.74, 6) is -0.287. The maximum atomic E-state index is 10.4. The standard InChI is InChI=1S/C3H4ClN3O/c4-7-3(8)1-2-5-6-7/h1-2,5-6H. The van der Waals surface area contributed by atoms with Gasteiger partial charge in [-0.1, -0.05) is 0 Å². The summed E-state index contributed by atoms with van der Waals surface area (Å²) in [7, 11) is 0. The first kappa shape index (κ1) is 5.40. The molecule has 0 saturated carbocycles. The molecule has 0 aromatic heterocycles. The number of halogens is 1. The number of nitrogens with zero attached hydrogens (tertiary/aromatic N) is 1. The van der Waals surface area contributed by atoms with Crippen LogP contribution in [0.5, 0.6) is 0 Å². The second kappa shape index (κ2) is 2.02. The molecule has 0 aromatic carbocycles. The van der Waals surface area contributed by atoms with Crippen LogP contribution in [0.25, 0.3) is 0 Å². The van der Waals surface area contributed by atoms with Gasteiger partial charge in [-0.05, 0) is 0 Å². The summed E-state index contributed by atoms with van der Waals surface area (Å²) in [6.07, 6.45) is 2.77. The van der Waals surface area contributed by atoms with Crippen LogP contribution in [0, 0.1) is 0 Å². The number of hydrogen-bond acceptors (Lipinski definition) is 3. The minimum atomic E-state index is -0.287. The Kier molecular flexibility index (Phi) is 1.36. The maximum absolute atomic E-state index is 10.4. The van der Waals surface area contributed by atoms with Gasteiger partial charge in [-0.3, -0.25) is 4.79 Å². The zero-order valence-electron chi connectivity index (χ0n) is 3.89. The Morgan fingerprint density at radius 1 is 1.75 bits per heavy atom. The number of amides is 1. The van der Waals surface area contributed by atoms with Crippen LogP contribution in [0.2, 0.25) is 0 Å². The van der Waals surface area contributed by atoms with Gasteiger partial charge in [0.05, 0.1) is 0 Å². The molecule has 5 heteroatoms. The van der Waals surface area contributed by atoms with Gasteiger partial charge in [0.2, 0.25) is 0 Å². The average Bonchev–Trinajstić information content (AvgIpc) is 1.77. The number of carbonyl (C=O) groups is 1. The van der Waals surface area contributed by atoms with Crippen LogP contribution in [0.15, 0.2) is 12.3 Å².